The highest BCUT2D eigenvalue weighted by atomic mass is 32.1. The van der Waals surface area contributed by atoms with Crippen LogP contribution in [0.15, 0.2) is 47.2 Å². The number of thiophene rings is 1. The third-order valence-electron chi connectivity index (χ3n) is 4.13. The normalized spacial score (nSPS) is 10.8. The highest BCUT2D eigenvalue weighted by molar-refractivity contribution is 7.07. The zero-order valence-corrected chi connectivity index (χ0v) is 14.8. The number of hydrogen-bond donors (Lipinski definition) is 1. The number of aromatic nitrogens is 2. The largest absolute Gasteiger partial charge is 0.352 e. The molecule has 3 rings (SSSR count). The summed E-state index contributed by atoms with van der Waals surface area (Å²) in [6, 6.07) is 12.1. The predicted octanol–water partition coefficient (Wildman–Crippen LogP) is 3.80. The minimum Gasteiger partial charge on any atom is -0.352 e. The molecule has 24 heavy (non-hydrogen) atoms. The number of para-hydroxylation sites is 1. The van der Waals surface area contributed by atoms with Crippen LogP contribution >= 0.6 is 11.3 Å². The summed E-state index contributed by atoms with van der Waals surface area (Å²) in [4.78, 5) is 12.1. The number of carbonyl (C=O) groups is 1. The van der Waals surface area contributed by atoms with E-state index in [9.17, 15) is 4.79 Å². The molecule has 5 heteroatoms. The van der Waals surface area contributed by atoms with Crippen molar-refractivity contribution in [3.05, 3.63) is 69.7 Å². The number of nitrogens with one attached hydrogen (secondary N) is 1. The van der Waals surface area contributed by atoms with E-state index in [2.05, 4.69) is 21.9 Å². The van der Waals surface area contributed by atoms with Gasteiger partial charge in [-0.15, -0.1) is 0 Å². The zero-order valence-electron chi connectivity index (χ0n) is 14.0. The molecule has 1 N–H and O–H groups in total. The Labute approximate surface area is 146 Å². The van der Waals surface area contributed by atoms with E-state index >= 15 is 0 Å². The molecule has 1 amide bonds. The monoisotopic (exact) mass is 339 g/mol. The first-order valence-corrected chi connectivity index (χ1v) is 8.97. The molecular formula is C19H21N3OS. The molecule has 0 aliphatic heterocycles. The van der Waals surface area contributed by atoms with Gasteiger partial charge in [-0.05, 0) is 54.8 Å². The first-order valence-electron chi connectivity index (χ1n) is 8.03. The third-order valence-corrected chi connectivity index (χ3v) is 4.86. The van der Waals surface area contributed by atoms with Gasteiger partial charge < -0.3 is 5.32 Å². The number of rotatable bonds is 6. The summed E-state index contributed by atoms with van der Waals surface area (Å²) in [5.41, 5.74) is 5.36. The van der Waals surface area contributed by atoms with E-state index in [1.54, 1.807) is 11.3 Å². The Kier molecular flexibility index (Phi) is 5.11. The van der Waals surface area contributed by atoms with Gasteiger partial charge in [0.1, 0.15) is 0 Å². The second-order valence-corrected chi connectivity index (χ2v) is 6.59. The third kappa shape index (κ3) is 3.74. The molecule has 0 aliphatic carbocycles. The number of amides is 1. The van der Waals surface area contributed by atoms with Crippen LogP contribution in [0.1, 0.15) is 28.9 Å². The van der Waals surface area contributed by atoms with E-state index in [4.69, 9.17) is 0 Å². The Morgan fingerprint density at radius 3 is 2.71 bits per heavy atom. The standard InChI is InChI=1S/C19H21N3OS/c1-14-18(12-20-19(23)9-8-16-10-11-24-13-16)15(2)22(21-14)17-6-4-3-5-7-17/h3-7,10-11,13H,8-9,12H2,1-2H3,(H,20,23). The van der Waals surface area contributed by atoms with E-state index in [0.717, 1.165) is 29.1 Å². The van der Waals surface area contributed by atoms with E-state index in [-0.39, 0.29) is 5.91 Å². The molecule has 0 radical (unpaired) electrons. The summed E-state index contributed by atoms with van der Waals surface area (Å²) < 4.78 is 1.93. The van der Waals surface area contributed by atoms with Crippen LogP contribution in [0.4, 0.5) is 0 Å². The quantitative estimate of drug-likeness (QED) is 0.742. The molecule has 3 aromatic rings. The Balaban J connectivity index is 1.63. The molecule has 0 saturated heterocycles. The van der Waals surface area contributed by atoms with Crippen molar-refractivity contribution < 1.29 is 4.79 Å². The second-order valence-electron chi connectivity index (χ2n) is 5.81. The topological polar surface area (TPSA) is 46.9 Å². The summed E-state index contributed by atoms with van der Waals surface area (Å²) in [5.74, 6) is 0.0764. The van der Waals surface area contributed by atoms with Crippen LogP contribution in [-0.4, -0.2) is 15.7 Å². The van der Waals surface area contributed by atoms with Crippen LogP contribution in [0.3, 0.4) is 0 Å². The molecule has 2 heterocycles. The van der Waals surface area contributed by atoms with Gasteiger partial charge >= 0.3 is 0 Å². The van der Waals surface area contributed by atoms with Crippen molar-refractivity contribution in [2.75, 3.05) is 0 Å². The molecule has 0 aliphatic rings. The van der Waals surface area contributed by atoms with Crippen molar-refractivity contribution in [3.63, 3.8) is 0 Å². The maximum Gasteiger partial charge on any atom is 0.220 e. The van der Waals surface area contributed by atoms with E-state index < -0.39 is 0 Å². The maximum absolute atomic E-state index is 12.1. The van der Waals surface area contributed by atoms with Gasteiger partial charge in [-0.3, -0.25) is 4.79 Å². The maximum atomic E-state index is 12.1. The van der Waals surface area contributed by atoms with Crippen molar-refractivity contribution in [1.29, 1.82) is 0 Å². The SMILES string of the molecule is Cc1nn(-c2ccccc2)c(C)c1CNC(=O)CCc1ccsc1. The Morgan fingerprint density at radius 1 is 1.21 bits per heavy atom. The first-order chi connectivity index (χ1) is 11.6. The molecule has 0 spiro atoms. The molecule has 124 valence electrons. The fourth-order valence-corrected chi connectivity index (χ4v) is 3.42. The van der Waals surface area contributed by atoms with Gasteiger partial charge in [0.15, 0.2) is 0 Å². The average molecular weight is 339 g/mol. The van der Waals surface area contributed by atoms with E-state index in [1.807, 2.05) is 54.2 Å². The van der Waals surface area contributed by atoms with Crippen LogP contribution in [0, 0.1) is 13.8 Å². The van der Waals surface area contributed by atoms with Crippen LogP contribution < -0.4 is 5.32 Å². The molecule has 1 aromatic carbocycles. The number of carbonyl (C=O) groups excluding carboxylic acids is 1. The van der Waals surface area contributed by atoms with Gasteiger partial charge in [-0.1, -0.05) is 18.2 Å². The fraction of sp³-hybridized carbons (Fsp3) is 0.263. The molecule has 0 saturated carbocycles. The molecule has 2 aromatic heterocycles. The summed E-state index contributed by atoms with van der Waals surface area (Å²) >= 11 is 1.66. The lowest BCUT2D eigenvalue weighted by Gasteiger charge is -2.07. The van der Waals surface area contributed by atoms with Crippen molar-refractivity contribution in [1.82, 2.24) is 15.1 Å². The lowest BCUT2D eigenvalue weighted by atomic mass is 10.1. The lowest BCUT2D eigenvalue weighted by molar-refractivity contribution is -0.121. The summed E-state index contributed by atoms with van der Waals surface area (Å²) in [5, 5.41) is 11.8. The molecule has 0 bridgehead atoms. The minimum atomic E-state index is 0.0764. The highest BCUT2D eigenvalue weighted by Crippen LogP contribution is 2.17. The van der Waals surface area contributed by atoms with Crippen LogP contribution in [-0.2, 0) is 17.8 Å². The first kappa shape index (κ1) is 16.5. The summed E-state index contributed by atoms with van der Waals surface area (Å²) in [7, 11) is 0. The Hall–Kier alpha value is -2.40. The Morgan fingerprint density at radius 2 is 2.00 bits per heavy atom. The highest BCUT2D eigenvalue weighted by Gasteiger charge is 2.13. The molecular weight excluding hydrogens is 318 g/mol. The van der Waals surface area contributed by atoms with Gasteiger partial charge in [0.2, 0.25) is 5.91 Å². The van der Waals surface area contributed by atoms with Gasteiger partial charge in [0.25, 0.3) is 0 Å². The minimum absolute atomic E-state index is 0.0764. The van der Waals surface area contributed by atoms with Crippen LogP contribution in [0.5, 0.6) is 0 Å². The average Bonchev–Trinajstić information content (AvgIpc) is 3.21. The number of hydrogen-bond acceptors (Lipinski definition) is 3. The zero-order chi connectivity index (χ0) is 16.9. The van der Waals surface area contributed by atoms with Crippen molar-refractivity contribution >= 4 is 17.2 Å². The Bertz CT molecular complexity index is 807. The second kappa shape index (κ2) is 7.45. The van der Waals surface area contributed by atoms with E-state index in [1.165, 1.54) is 5.56 Å². The number of benzene rings is 1. The molecule has 0 fully saturated rings. The van der Waals surface area contributed by atoms with Gasteiger partial charge in [-0.25, -0.2) is 4.68 Å². The van der Waals surface area contributed by atoms with Crippen molar-refractivity contribution in [2.24, 2.45) is 0 Å². The smallest absolute Gasteiger partial charge is 0.220 e. The predicted molar refractivity (Wildman–Crippen MR) is 97.5 cm³/mol. The molecule has 0 unspecified atom stereocenters. The van der Waals surface area contributed by atoms with Gasteiger partial charge in [0, 0.05) is 24.2 Å². The molecule has 0 atom stereocenters. The number of nitrogens with zero attached hydrogens (tertiary/aromatic N) is 2. The van der Waals surface area contributed by atoms with Crippen LogP contribution in [0.2, 0.25) is 0 Å². The number of aryl methyl sites for hydroxylation is 2. The van der Waals surface area contributed by atoms with Gasteiger partial charge in [-0.2, -0.15) is 16.4 Å². The fourth-order valence-electron chi connectivity index (χ4n) is 2.72. The van der Waals surface area contributed by atoms with Crippen molar-refractivity contribution in [2.45, 2.75) is 33.2 Å². The van der Waals surface area contributed by atoms with Gasteiger partial charge in [0.05, 0.1) is 11.4 Å². The van der Waals surface area contributed by atoms with Crippen molar-refractivity contribution in [3.8, 4) is 5.69 Å². The summed E-state index contributed by atoms with van der Waals surface area (Å²) in [6.45, 7) is 4.55. The lowest BCUT2D eigenvalue weighted by Crippen LogP contribution is -2.23. The molecule has 4 nitrogen and oxygen atoms in total. The van der Waals surface area contributed by atoms with E-state index in [0.29, 0.717) is 13.0 Å². The van der Waals surface area contributed by atoms with Crippen LogP contribution in [0.25, 0.3) is 5.69 Å². The summed E-state index contributed by atoms with van der Waals surface area (Å²) in [6.07, 6.45) is 1.30.